The first-order chi connectivity index (χ1) is 3.29. The van der Waals surface area contributed by atoms with Crippen LogP contribution in [-0.2, 0) is 4.79 Å². The summed E-state index contributed by atoms with van der Waals surface area (Å²) in [7, 11) is 0. The van der Waals surface area contributed by atoms with Gasteiger partial charge in [0.05, 0.1) is 6.42 Å². The Kier molecular flexibility index (Phi) is 0.749. The summed E-state index contributed by atoms with van der Waals surface area (Å²) in [5, 5.41) is 0. The highest BCUT2D eigenvalue weighted by Crippen LogP contribution is 1.95. The van der Waals surface area contributed by atoms with Crippen LogP contribution in [0.5, 0.6) is 0 Å². The van der Waals surface area contributed by atoms with Crippen LogP contribution >= 0.6 is 0 Å². The van der Waals surface area contributed by atoms with Gasteiger partial charge in [-0.25, -0.2) is 0 Å². The molecular formula is C4H6N2O. The molecule has 1 heterocycles. The molecule has 0 aliphatic carbocycles. The molecule has 0 bridgehead atoms. The average molecular weight is 98.1 g/mol. The van der Waals surface area contributed by atoms with Crippen LogP contribution in [0.1, 0.15) is 6.42 Å². The zero-order valence-electron chi connectivity index (χ0n) is 3.82. The van der Waals surface area contributed by atoms with Crippen molar-refractivity contribution < 1.29 is 4.79 Å². The van der Waals surface area contributed by atoms with Gasteiger partial charge in [0, 0.05) is 5.70 Å². The van der Waals surface area contributed by atoms with Crippen molar-refractivity contribution in [3.05, 3.63) is 12.3 Å². The number of carbonyl (C=O) groups excluding carboxylic acids is 1. The monoisotopic (exact) mass is 98.0 g/mol. The molecule has 0 spiro atoms. The summed E-state index contributed by atoms with van der Waals surface area (Å²) in [4.78, 5) is 10.2. The van der Waals surface area contributed by atoms with Gasteiger partial charge in [-0.05, 0) is 0 Å². The molecule has 7 heavy (non-hydrogen) atoms. The molecule has 1 rings (SSSR count). The summed E-state index contributed by atoms with van der Waals surface area (Å²) in [6.07, 6.45) is 0.417. The van der Waals surface area contributed by atoms with E-state index < -0.39 is 0 Å². The highest BCUT2D eigenvalue weighted by atomic mass is 16.2. The van der Waals surface area contributed by atoms with E-state index in [1.165, 1.54) is 0 Å². The Labute approximate surface area is 41.4 Å². The maximum Gasteiger partial charge on any atom is 0.244 e. The largest absolute Gasteiger partial charge is 0.303 e. The SMILES string of the molecule is C=C1CC(=O)NN1. The zero-order chi connectivity index (χ0) is 5.28. The van der Waals surface area contributed by atoms with Crippen molar-refractivity contribution in [2.75, 3.05) is 0 Å². The zero-order valence-corrected chi connectivity index (χ0v) is 3.82. The fourth-order valence-electron chi connectivity index (χ4n) is 0.440. The molecule has 0 unspecified atom stereocenters. The van der Waals surface area contributed by atoms with Crippen LogP contribution in [0, 0.1) is 0 Å². The van der Waals surface area contributed by atoms with Gasteiger partial charge < -0.3 is 5.43 Å². The van der Waals surface area contributed by atoms with Crippen molar-refractivity contribution in [3.8, 4) is 0 Å². The smallest absolute Gasteiger partial charge is 0.244 e. The van der Waals surface area contributed by atoms with Crippen molar-refractivity contribution in [2.45, 2.75) is 6.42 Å². The van der Waals surface area contributed by atoms with Crippen LogP contribution in [0.15, 0.2) is 12.3 Å². The van der Waals surface area contributed by atoms with Crippen LogP contribution in [0.3, 0.4) is 0 Å². The highest BCUT2D eigenvalue weighted by molar-refractivity contribution is 5.80. The van der Waals surface area contributed by atoms with E-state index >= 15 is 0 Å². The molecule has 1 fully saturated rings. The Bertz CT molecular complexity index is 105. The van der Waals surface area contributed by atoms with Gasteiger partial charge in [-0.3, -0.25) is 10.2 Å². The predicted molar refractivity (Wildman–Crippen MR) is 25.0 cm³/mol. The minimum Gasteiger partial charge on any atom is -0.303 e. The lowest BCUT2D eigenvalue weighted by atomic mass is 10.4. The molecule has 1 aliphatic heterocycles. The van der Waals surface area contributed by atoms with E-state index in [4.69, 9.17) is 0 Å². The molecule has 38 valence electrons. The number of rotatable bonds is 0. The maximum atomic E-state index is 10.2. The summed E-state index contributed by atoms with van der Waals surface area (Å²) in [5.74, 6) is -0.00926. The van der Waals surface area contributed by atoms with Crippen molar-refractivity contribution >= 4 is 5.91 Å². The summed E-state index contributed by atoms with van der Waals surface area (Å²) >= 11 is 0. The van der Waals surface area contributed by atoms with Gasteiger partial charge in [-0.15, -0.1) is 0 Å². The second-order valence-electron chi connectivity index (χ2n) is 1.45. The second kappa shape index (κ2) is 1.26. The van der Waals surface area contributed by atoms with Crippen LogP contribution < -0.4 is 10.9 Å². The molecule has 0 aromatic rings. The molecule has 3 heteroatoms. The first kappa shape index (κ1) is 4.18. The van der Waals surface area contributed by atoms with Crippen LogP contribution in [-0.4, -0.2) is 5.91 Å². The fraction of sp³-hybridized carbons (Fsp3) is 0.250. The second-order valence-corrected chi connectivity index (χ2v) is 1.45. The van der Waals surface area contributed by atoms with E-state index in [1.807, 2.05) is 0 Å². The summed E-state index contributed by atoms with van der Waals surface area (Å²) in [6.45, 7) is 3.51. The molecule has 2 N–H and O–H groups in total. The molecule has 0 radical (unpaired) electrons. The number of nitrogens with one attached hydrogen (secondary N) is 2. The van der Waals surface area contributed by atoms with E-state index in [0.29, 0.717) is 6.42 Å². The van der Waals surface area contributed by atoms with Crippen molar-refractivity contribution in [2.24, 2.45) is 0 Å². The van der Waals surface area contributed by atoms with E-state index in [0.717, 1.165) is 5.70 Å². The van der Waals surface area contributed by atoms with Crippen LogP contribution in [0.4, 0.5) is 0 Å². The van der Waals surface area contributed by atoms with Crippen LogP contribution in [0.2, 0.25) is 0 Å². The van der Waals surface area contributed by atoms with Crippen LogP contribution in [0.25, 0.3) is 0 Å². The molecule has 1 amide bonds. The van der Waals surface area contributed by atoms with Gasteiger partial charge in [0.15, 0.2) is 0 Å². The summed E-state index contributed by atoms with van der Waals surface area (Å²) in [5.41, 5.74) is 5.70. The van der Waals surface area contributed by atoms with Gasteiger partial charge in [0.1, 0.15) is 0 Å². The quantitative estimate of drug-likeness (QED) is 0.430. The lowest BCUT2D eigenvalue weighted by molar-refractivity contribution is -0.119. The summed E-state index contributed by atoms with van der Waals surface area (Å²) < 4.78 is 0. The maximum absolute atomic E-state index is 10.2. The number of hydrogen-bond donors (Lipinski definition) is 2. The van der Waals surface area contributed by atoms with Gasteiger partial charge in [-0.1, -0.05) is 6.58 Å². The summed E-state index contributed by atoms with van der Waals surface area (Å²) in [6, 6.07) is 0. The minimum atomic E-state index is -0.00926. The van der Waals surface area contributed by atoms with E-state index in [-0.39, 0.29) is 5.91 Å². The number of hydrazine groups is 1. The lowest BCUT2D eigenvalue weighted by Crippen LogP contribution is -2.24. The van der Waals surface area contributed by atoms with E-state index in [9.17, 15) is 4.79 Å². The number of amides is 1. The molecule has 0 saturated carbocycles. The molecule has 0 aromatic heterocycles. The predicted octanol–water partition coefficient (Wildman–Crippen LogP) is -0.475. The third-order valence-electron chi connectivity index (χ3n) is 0.753. The Balaban J connectivity index is 2.55. The highest BCUT2D eigenvalue weighted by Gasteiger charge is 2.09. The van der Waals surface area contributed by atoms with Gasteiger partial charge >= 0.3 is 0 Å². The third kappa shape index (κ3) is 0.707. The van der Waals surface area contributed by atoms with E-state index in [2.05, 4.69) is 17.4 Å². The number of hydrogen-bond acceptors (Lipinski definition) is 2. The first-order valence-electron chi connectivity index (χ1n) is 2.01. The molecule has 1 aliphatic rings. The first-order valence-corrected chi connectivity index (χ1v) is 2.01. The molecule has 1 saturated heterocycles. The van der Waals surface area contributed by atoms with Gasteiger partial charge in [0.25, 0.3) is 0 Å². The Morgan fingerprint density at radius 2 is 2.29 bits per heavy atom. The van der Waals surface area contributed by atoms with Crippen molar-refractivity contribution in [1.82, 2.24) is 10.9 Å². The molecule has 0 atom stereocenters. The third-order valence-corrected chi connectivity index (χ3v) is 0.753. The van der Waals surface area contributed by atoms with E-state index in [1.54, 1.807) is 0 Å². The van der Waals surface area contributed by atoms with Gasteiger partial charge in [0.2, 0.25) is 5.91 Å². The van der Waals surface area contributed by atoms with Crippen molar-refractivity contribution in [1.29, 1.82) is 0 Å². The van der Waals surface area contributed by atoms with Gasteiger partial charge in [-0.2, -0.15) is 0 Å². The molecule has 0 aromatic carbocycles. The molecular weight excluding hydrogens is 92.1 g/mol. The topological polar surface area (TPSA) is 41.1 Å². The number of carbonyl (C=O) groups is 1. The normalized spacial score (nSPS) is 18.9. The Morgan fingerprint density at radius 3 is 2.43 bits per heavy atom. The fourth-order valence-corrected chi connectivity index (χ4v) is 0.440. The minimum absolute atomic E-state index is 0.00926. The van der Waals surface area contributed by atoms with Crippen molar-refractivity contribution in [3.63, 3.8) is 0 Å². The average Bonchev–Trinajstić information content (AvgIpc) is 1.87. The lowest BCUT2D eigenvalue weighted by Gasteiger charge is -1.88. The standard InChI is InChI=1S/C4H6N2O/c1-3-2-4(7)6-5-3/h5H,1-2H2,(H,6,7). The Hall–Kier alpha value is -0.990. The molecule has 3 nitrogen and oxygen atoms in total. The Morgan fingerprint density at radius 1 is 1.57 bits per heavy atom.